The zero-order chi connectivity index (χ0) is 24.1. The Bertz CT molecular complexity index is 1380. The normalized spacial score (nSPS) is 14.9. The third-order valence-corrected chi connectivity index (χ3v) is 6.96. The summed E-state index contributed by atoms with van der Waals surface area (Å²) in [5.74, 6) is -1.28. The number of esters is 1. The van der Waals surface area contributed by atoms with E-state index in [4.69, 9.17) is 9.47 Å². The van der Waals surface area contributed by atoms with Gasteiger partial charge in [0.15, 0.2) is 6.61 Å². The average molecular weight is 487 g/mol. The maximum atomic E-state index is 12.6. The molecule has 0 bridgehead atoms. The van der Waals surface area contributed by atoms with Gasteiger partial charge in [0.1, 0.15) is 0 Å². The first kappa shape index (κ1) is 23.4. The SMILES string of the molecule is O=C(COC(=O)C=Cc1ccc(S(=O)(=O)N2CCOCC2)cc1)Nc1ccc2[nH]c(=O)[nH]c2c1. The number of nitrogens with one attached hydrogen (secondary N) is 3. The highest BCUT2D eigenvalue weighted by molar-refractivity contribution is 7.89. The summed E-state index contributed by atoms with van der Waals surface area (Å²) >= 11 is 0. The van der Waals surface area contributed by atoms with Crippen LogP contribution in [0.3, 0.4) is 0 Å². The summed E-state index contributed by atoms with van der Waals surface area (Å²) < 4.78 is 36.8. The van der Waals surface area contributed by atoms with Crippen LogP contribution in [0.1, 0.15) is 5.56 Å². The molecule has 11 nitrogen and oxygen atoms in total. The van der Waals surface area contributed by atoms with Gasteiger partial charge in [0.05, 0.1) is 29.1 Å². The van der Waals surface area contributed by atoms with E-state index < -0.39 is 28.5 Å². The summed E-state index contributed by atoms with van der Waals surface area (Å²) in [6.07, 6.45) is 2.61. The van der Waals surface area contributed by atoms with Crippen molar-refractivity contribution in [2.75, 3.05) is 38.2 Å². The predicted molar refractivity (Wildman–Crippen MR) is 124 cm³/mol. The largest absolute Gasteiger partial charge is 0.452 e. The van der Waals surface area contributed by atoms with Crippen molar-refractivity contribution < 1.29 is 27.5 Å². The lowest BCUT2D eigenvalue weighted by Gasteiger charge is -2.26. The van der Waals surface area contributed by atoms with Gasteiger partial charge in [-0.2, -0.15) is 4.31 Å². The molecule has 1 aromatic heterocycles. The Morgan fingerprint density at radius 2 is 1.76 bits per heavy atom. The van der Waals surface area contributed by atoms with Crippen LogP contribution < -0.4 is 11.0 Å². The first-order valence-electron chi connectivity index (χ1n) is 10.4. The zero-order valence-corrected chi connectivity index (χ0v) is 18.8. The third kappa shape index (κ3) is 5.60. The molecule has 12 heteroatoms. The van der Waals surface area contributed by atoms with E-state index in [2.05, 4.69) is 15.3 Å². The highest BCUT2D eigenvalue weighted by Crippen LogP contribution is 2.18. The van der Waals surface area contributed by atoms with E-state index in [1.54, 1.807) is 30.3 Å². The number of ether oxygens (including phenoxy) is 2. The number of anilines is 1. The van der Waals surface area contributed by atoms with Gasteiger partial charge in [-0.3, -0.25) is 4.79 Å². The van der Waals surface area contributed by atoms with Crippen molar-refractivity contribution in [3.05, 3.63) is 64.6 Å². The van der Waals surface area contributed by atoms with Crippen LogP contribution in [0.5, 0.6) is 0 Å². The number of carbonyl (C=O) groups is 2. The van der Waals surface area contributed by atoms with Crippen LogP contribution in [0.15, 0.2) is 58.2 Å². The van der Waals surface area contributed by atoms with Crippen LogP contribution in [-0.4, -0.2) is 67.5 Å². The molecule has 1 aliphatic rings. The molecule has 178 valence electrons. The molecule has 0 unspecified atom stereocenters. The van der Waals surface area contributed by atoms with Crippen molar-refractivity contribution in [1.82, 2.24) is 14.3 Å². The Kier molecular flexibility index (Phi) is 6.91. The van der Waals surface area contributed by atoms with Crippen molar-refractivity contribution >= 4 is 44.7 Å². The molecular weight excluding hydrogens is 464 g/mol. The number of hydrogen-bond acceptors (Lipinski definition) is 7. The maximum Gasteiger partial charge on any atom is 0.331 e. The molecule has 0 saturated carbocycles. The Morgan fingerprint density at radius 3 is 2.50 bits per heavy atom. The molecule has 3 N–H and O–H groups in total. The second kappa shape index (κ2) is 10.0. The number of imidazole rings is 1. The molecule has 2 heterocycles. The predicted octanol–water partition coefficient (Wildman–Crippen LogP) is 1.07. The monoisotopic (exact) mass is 486 g/mol. The molecule has 1 aliphatic heterocycles. The molecule has 0 aliphatic carbocycles. The van der Waals surface area contributed by atoms with Crippen LogP contribution in [0.4, 0.5) is 5.69 Å². The number of H-pyrrole nitrogens is 2. The fourth-order valence-corrected chi connectivity index (χ4v) is 4.75. The van der Waals surface area contributed by atoms with Crippen molar-refractivity contribution in [2.24, 2.45) is 0 Å². The molecule has 34 heavy (non-hydrogen) atoms. The lowest BCUT2D eigenvalue weighted by Crippen LogP contribution is -2.40. The first-order chi connectivity index (χ1) is 16.3. The van der Waals surface area contributed by atoms with E-state index >= 15 is 0 Å². The number of sulfonamides is 1. The maximum absolute atomic E-state index is 12.6. The van der Waals surface area contributed by atoms with Crippen LogP contribution in [-0.2, 0) is 29.1 Å². The molecule has 3 aromatic rings. The molecule has 1 fully saturated rings. The Labute approximate surface area is 194 Å². The first-order valence-corrected chi connectivity index (χ1v) is 11.8. The second-order valence-electron chi connectivity index (χ2n) is 7.41. The smallest absolute Gasteiger partial charge is 0.331 e. The van der Waals surface area contributed by atoms with Gasteiger partial charge < -0.3 is 24.8 Å². The summed E-state index contributed by atoms with van der Waals surface area (Å²) in [6, 6.07) is 10.9. The van der Waals surface area contributed by atoms with Crippen LogP contribution in [0.25, 0.3) is 17.1 Å². The fraction of sp³-hybridized carbons (Fsp3) is 0.227. The van der Waals surface area contributed by atoms with Gasteiger partial charge in [-0.05, 0) is 42.0 Å². The summed E-state index contributed by atoms with van der Waals surface area (Å²) in [7, 11) is -3.59. The molecule has 0 atom stereocenters. The van der Waals surface area contributed by atoms with Gasteiger partial charge in [-0.15, -0.1) is 0 Å². The van der Waals surface area contributed by atoms with Gasteiger partial charge >= 0.3 is 11.7 Å². The van der Waals surface area contributed by atoms with Gasteiger partial charge in [0, 0.05) is 24.9 Å². The molecule has 0 radical (unpaired) electrons. The van der Waals surface area contributed by atoms with Crippen molar-refractivity contribution in [1.29, 1.82) is 0 Å². The van der Waals surface area contributed by atoms with E-state index in [0.29, 0.717) is 48.6 Å². The molecule has 0 spiro atoms. The molecule has 2 aromatic carbocycles. The quantitative estimate of drug-likeness (QED) is 0.334. The standard InChI is InChI=1S/C22H22N4O7S/c27-20(23-16-4-7-18-19(13-16)25-22(29)24-18)14-33-21(28)8-3-15-1-5-17(6-2-15)34(30,31)26-9-11-32-12-10-26/h1-8,13H,9-12,14H2,(H,23,27)(H2,24,25,29). The Balaban J connectivity index is 1.28. The number of hydrogen-bond donors (Lipinski definition) is 3. The minimum Gasteiger partial charge on any atom is -0.452 e. The summed E-state index contributed by atoms with van der Waals surface area (Å²) in [5, 5.41) is 2.57. The van der Waals surface area contributed by atoms with E-state index in [1.807, 2.05) is 0 Å². The number of fused-ring (bicyclic) bond motifs is 1. The number of carbonyl (C=O) groups excluding carboxylic acids is 2. The van der Waals surface area contributed by atoms with Gasteiger partial charge in [0.25, 0.3) is 5.91 Å². The minimum absolute atomic E-state index is 0.160. The number of aromatic amines is 2. The highest BCUT2D eigenvalue weighted by atomic mass is 32.2. The number of aromatic nitrogens is 2. The van der Waals surface area contributed by atoms with Gasteiger partial charge in [0.2, 0.25) is 10.0 Å². The summed E-state index contributed by atoms with van der Waals surface area (Å²) in [4.78, 5) is 40.6. The number of morpholine rings is 1. The van der Waals surface area contributed by atoms with E-state index in [-0.39, 0.29) is 10.6 Å². The van der Waals surface area contributed by atoms with Crippen LogP contribution in [0, 0.1) is 0 Å². The Morgan fingerprint density at radius 1 is 1.06 bits per heavy atom. The molecule has 1 saturated heterocycles. The Hall–Kier alpha value is -3.74. The third-order valence-electron chi connectivity index (χ3n) is 5.05. The minimum atomic E-state index is -3.59. The molecular formula is C22H22N4O7S. The van der Waals surface area contributed by atoms with Gasteiger partial charge in [-0.1, -0.05) is 12.1 Å². The number of rotatable bonds is 7. The average Bonchev–Trinajstić information content (AvgIpc) is 3.21. The molecule has 1 amide bonds. The lowest BCUT2D eigenvalue weighted by atomic mass is 10.2. The van der Waals surface area contributed by atoms with Crippen LogP contribution in [0.2, 0.25) is 0 Å². The van der Waals surface area contributed by atoms with Crippen molar-refractivity contribution in [2.45, 2.75) is 4.90 Å². The highest BCUT2D eigenvalue weighted by Gasteiger charge is 2.25. The van der Waals surface area contributed by atoms with E-state index in [1.165, 1.54) is 22.5 Å². The second-order valence-corrected chi connectivity index (χ2v) is 9.35. The zero-order valence-electron chi connectivity index (χ0n) is 17.9. The van der Waals surface area contributed by atoms with Crippen molar-refractivity contribution in [3.8, 4) is 0 Å². The topological polar surface area (TPSA) is 151 Å². The van der Waals surface area contributed by atoms with Crippen molar-refractivity contribution in [3.63, 3.8) is 0 Å². The van der Waals surface area contributed by atoms with Crippen LogP contribution >= 0.6 is 0 Å². The van der Waals surface area contributed by atoms with E-state index in [9.17, 15) is 22.8 Å². The molecule has 4 rings (SSSR count). The summed E-state index contributed by atoms with van der Waals surface area (Å²) in [6.45, 7) is 0.849. The summed E-state index contributed by atoms with van der Waals surface area (Å²) in [5.41, 5.74) is 1.81. The number of nitrogens with zero attached hydrogens (tertiary/aromatic N) is 1. The lowest BCUT2D eigenvalue weighted by molar-refractivity contribution is -0.142. The van der Waals surface area contributed by atoms with Gasteiger partial charge in [-0.25, -0.2) is 18.0 Å². The number of benzene rings is 2. The van der Waals surface area contributed by atoms with E-state index in [0.717, 1.165) is 6.08 Å². The number of amides is 1. The fourth-order valence-electron chi connectivity index (χ4n) is 3.34.